The molecule has 0 saturated carbocycles. The standard InChI is InChI=1S/C25H19ClN2O5/c26-18-5-1-4-16(11-18)22-21(23(29)17-6-7-19-20(12-17)33-10-9-32-19)24(30)25(31)28(22)14-15-3-2-8-27-13-15/h1-8,11-13,22,29H,9-10,14H2/b23-21+/t22-/m1/s1. The number of hydrogen-bond donors (Lipinski definition) is 1. The molecule has 166 valence electrons. The first-order chi connectivity index (χ1) is 16.0. The van der Waals surface area contributed by atoms with Crippen molar-refractivity contribution >= 4 is 29.1 Å². The zero-order chi connectivity index (χ0) is 22.9. The SMILES string of the molecule is O=C1C(=O)N(Cc2cccnc2)[C@H](c2cccc(Cl)c2)/C1=C(\O)c1ccc2c(c1)OCCO2. The number of pyridine rings is 1. The Morgan fingerprint density at radius 2 is 1.88 bits per heavy atom. The van der Waals surface area contributed by atoms with Crippen molar-refractivity contribution in [3.63, 3.8) is 0 Å². The second-order valence-electron chi connectivity index (χ2n) is 7.70. The number of carbonyl (C=O) groups excluding carboxylic acids is 2. The molecule has 1 N–H and O–H groups in total. The molecule has 1 fully saturated rings. The van der Waals surface area contributed by atoms with Crippen molar-refractivity contribution in [2.24, 2.45) is 0 Å². The summed E-state index contributed by atoms with van der Waals surface area (Å²) in [4.78, 5) is 31.8. The molecule has 0 spiro atoms. The molecule has 5 rings (SSSR count). The van der Waals surface area contributed by atoms with Crippen molar-refractivity contribution in [1.82, 2.24) is 9.88 Å². The number of aromatic nitrogens is 1. The van der Waals surface area contributed by atoms with E-state index in [9.17, 15) is 14.7 Å². The molecule has 1 saturated heterocycles. The summed E-state index contributed by atoms with van der Waals surface area (Å²) in [7, 11) is 0. The lowest BCUT2D eigenvalue weighted by Gasteiger charge is -2.25. The van der Waals surface area contributed by atoms with Crippen LogP contribution in [0.3, 0.4) is 0 Å². The summed E-state index contributed by atoms with van der Waals surface area (Å²) in [6.45, 7) is 0.968. The number of aliphatic hydroxyl groups is 1. The number of fused-ring (bicyclic) bond motifs is 1. The van der Waals surface area contributed by atoms with Gasteiger partial charge in [0.15, 0.2) is 11.5 Å². The molecule has 3 aromatic rings. The van der Waals surface area contributed by atoms with Gasteiger partial charge in [-0.3, -0.25) is 14.6 Å². The highest BCUT2D eigenvalue weighted by Crippen LogP contribution is 2.42. The van der Waals surface area contributed by atoms with Gasteiger partial charge in [-0.1, -0.05) is 29.8 Å². The van der Waals surface area contributed by atoms with Crippen LogP contribution in [0, 0.1) is 0 Å². The highest BCUT2D eigenvalue weighted by atomic mass is 35.5. The van der Waals surface area contributed by atoms with Gasteiger partial charge in [0.1, 0.15) is 19.0 Å². The Balaban J connectivity index is 1.64. The van der Waals surface area contributed by atoms with Gasteiger partial charge in [0.05, 0.1) is 11.6 Å². The normalized spacial score (nSPS) is 19.1. The minimum Gasteiger partial charge on any atom is -0.507 e. The van der Waals surface area contributed by atoms with Crippen LogP contribution in [0.1, 0.15) is 22.7 Å². The Kier molecular flexibility index (Phi) is 5.48. The number of ether oxygens (including phenoxy) is 2. The maximum Gasteiger partial charge on any atom is 0.295 e. The number of halogens is 1. The lowest BCUT2D eigenvalue weighted by atomic mass is 9.95. The maximum absolute atomic E-state index is 13.2. The van der Waals surface area contributed by atoms with E-state index in [0.717, 1.165) is 5.56 Å². The summed E-state index contributed by atoms with van der Waals surface area (Å²) in [5.41, 5.74) is 1.71. The van der Waals surface area contributed by atoms with Gasteiger partial charge in [-0.2, -0.15) is 0 Å². The van der Waals surface area contributed by atoms with Gasteiger partial charge in [-0.15, -0.1) is 0 Å². The molecule has 2 aromatic carbocycles. The van der Waals surface area contributed by atoms with Gasteiger partial charge in [0.2, 0.25) is 0 Å². The number of likely N-dealkylation sites (tertiary alicyclic amines) is 1. The average Bonchev–Trinajstić information content (AvgIpc) is 3.09. The van der Waals surface area contributed by atoms with Crippen LogP contribution in [0.5, 0.6) is 11.5 Å². The molecule has 2 aliphatic heterocycles. The number of carbonyl (C=O) groups is 2. The number of rotatable bonds is 4. The molecular weight excluding hydrogens is 444 g/mol. The number of aliphatic hydroxyl groups excluding tert-OH is 1. The number of Topliss-reactive ketones (excluding diaryl/α,β-unsaturated/α-hetero) is 1. The predicted molar refractivity (Wildman–Crippen MR) is 121 cm³/mol. The van der Waals surface area contributed by atoms with Crippen molar-refractivity contribution in [2.75, 3.05) is 13.2 Å². The lowest BCUT2D eigenvalue weighted by molar-refractivity contribution is -0.140. The fourth-order valence-electron chi connectivity index (χ4n) is 4.10. The summed E-state index contributed by atoms with van der Waals surface area (Å²) in [5.74, 6) is -0.737. The zero-order valence-corrected chi connectivity index (χ0v) is 18.2. The van der Waals surface area contributed by atoms with Gasteiger partial charge in [-0.05, 0) is 47.5 Å². The second-order valence-corrected chi connectivity index (χ2v) is 8.14. The molecule has 3 heterocycles. The van der Waals surface area contributed by atoms with E-state index in [1.807, 2.05) is 6.07 Å². The van der Waals surface area contributed by atoms with Crippen LogP contribution in [0.2, 0.25) is 5.02 Å². The second kappa shape index (κ2) is 8.60. The maximum atomic E-state index is 13.2. The highest BCUT2D eigenvalue weighted by Gasteiger charge is 2.46. The third-order valence-electron chi connectivity index (χ3n) is 5.60. The fourth-order valence-corrected chi connectivity index (χ4v) is 4.30. The quantitative estimate of drug-likeness (QED) is 0.356. The molecule has 1 amide bonds. The molecule has 8 heteroatoms. The van der Waals surface area contributed by atoms with Crippen LogP contribution < -0.4 is 9.47 Å². The number of amides is 1. The van der Waals surface area contributed by atoms with Crippen molar-refractivity contribution < 1.29 is 24.2 Å². The van der Waals surface area contributed by atoms with E-state index in [2.05, 4.69) is 4.98 Å². The van der Waals surface area contributed by atoms with E-state index < -0.39 is 17.7 Å². The molecule has 1 aromatic heterocycles. The van der Waals surface area contributed by atoms with Crippen molar-refractivity contribution in [1.29, 1.82) is 0 Å². The van der Waals surface area contributed by atoms with Crippen LogP contribution in [0.15, 0.2) is 72.6 Å². The minimum absolute atomic E-state index is 0.0113. The molecule has 33 heavy (non-hydrogen) atoms. The smallest absolute Gasteiger partial charge is 0.295 e. The minimum atomic E-state index is -0.822. The van der Waals surface area contributed by atoms with Crippen molar-refractivity contribution in [2.45, 2.75) is 12.6 Å². The highest BCUT2D eigenvalue weighted by molar-refractivity contribution is 6.46. The summed E-state index contributed by atoms with van der Waals surface area (Å²) in [6, 6.07) is 14.6. The van der Waals surface area contributed by atoms with Gasteiger partial charge in [-0.25, -0.2) is 0 Å². The summed E-state index contributed by atoms with van der Waals surface area (Å²) >= 11 is 6.22. The van der Waals surface area contributed by atoms with Gasteiger partial charge < -0.3 is 19.5 Å². The Hall–Kier alpha value is -3.84. The Labute approximate surface area is 194 Å². The first kappa shape index (κ1) is 21.0. The molecule has 7 nitrogen and oxygen atoms in total. The lowest BCUT2D eigenvalue weighted by Crippen LogP contribution is -2.29. The average molecular weight is 463 g/mol. The Bertz CT molecular complexity index is 1270. The summed E-state index contributed by atoms with van der Waals surface area (Å²) < 4.78 is 11.1. The number of benzene rings is 2. The van der Waals surface area contributed by atoms with Crippen molar-refractivity contribution in [3.8, 4) is 11.5 Å². The first-order valence-corrected chi connectivity index (χ1v) is 10.7. The molecular formula is C25H19ClN2O5. The van der Waals surface area contributed by atoms with E-state index >= 15 is 0 Å². The van der Waals surface area contributed by atoms with Crippen LogP contribution in [-0.2, 0) is 16.1 Å². The molecule has 2 aliphatic rings. The van der Waals surface area contributed by atoms with Crippen LogP contribution >= 0.6 is 11.6 Å². The number of nitrogens with zero attached hydrogens (tertiary/aromatic N) is 2. The molecule has 0 bridgehead atoms. The monoisotopic (exact) mass is 462 g/mol. The zero-order valence-electron chi connectivity index (χ0n) is 17.4. The predicted octanol–water partition coefficient (Wildman–Crippen LogP) is 4.13. The number of hydrogen-bond acceptors (Lipinski definition) is 6. The summed E-state index contributed by atoms with van der Waals surface area (Å²) in [5, 5.41) is 11.7. The molecule has 0 unspecified atom stereocenters. The number of ketones is 1. The van der Waals surface area contributed by atoms with E-state index in [-0.39, 0.29) is 17.9 Å². The van der Waals surface area contributed by atoms with E-state index in [1.165, 1.54) is 4.90 Å². The Morgan fingerprint density at radius 3 is 2.64 bits per heavy atom. The van der Waals surface area contributed by atoms with Crippen LogP contribution in [0.25, 0.3) is 5.76 Å². The van der Waals surface area contributed by atoms with E-state index in [1.54, 1.807) is 60.9 Å². The van der Waals surface area contributed by atoms with Crippen LogP contribution in [0.4, 0.5) is 0 Å². The third kappa shape index (κ3) is 3.91. The Morgan fingerprint density at radius 1 is 1.06 bits per heavy atom. The molecule has 0 radical (unpaired) electrons. The summed E-state index contributed by atoms with van der Waals surface area (Å²) in [6.07, 6.45) is 3.27. The third-order valence-corrected chi connectivity index (χ3v) is 5.83. The first-order valence-electron chi connectivity index (χ1n) is 10.4. The molecule has 1 atom stereocenters. The van der Waals surface area contributed by atoms with Gasteiger partial charge in [0, 0.05) is 29.5 Å². The van der Waals surface area contributed by atoms with E-state index in [4.69, 9.17) is 21.1 Å². The van der Waals surface area contributed by atoms with Crippen LogP contribution in [-0.4, -0.2) is 39.9 Å². The molecule has 0 aliphatic carbocycles. The largest absolute Gasteiger partial charge is 0.507 e. The van der Waals surface area contributed by atoms with E-state index in [0.29, 0.717) is 40.9 Å². The fraction of sp³-hybridized carbons (Fsp3) is 0.160. The van der Waals surface area contributed by atoms with Gasteiger partial charge in [0.25, 0.3) is 11.7 Å². The van der Waals surface area contributed by atoms with Crippen molar-refractivity contribution in [3.05, 3.63) is 94.3 Å². The van der Waals surface area contributed by atoms with Gasteiger partial charge >= 0.3 is 0 Å². The topological polar surface area (TPSA) is 89.0 Å².